The van der Waals surface area contributed by atoms with Crippen LogP contribution in [0, 0.1) is 5.92 Å². The number of hydrogen-bond acceptors (Lipinski definition) is 3. The first-order valence-electron chi connectivity index (χ1n) is 3.63. The molecule has 0 heterocycles. The molecule has 0 aromatic carbocycles. The van der Waals surface area contributed by atoms with Gasteiger partial charge in [0.1, 0.15) is 0 Å². The van der Waals surface area contributed by atoms with E-state index in [4.69, 9.17) is 5.11 Å². The number of carbonyl (C=O) groups is 2. The second-order valence-electron chi connectivity index (χ2n) is 2.17. The zero-order valence-electron chi connectivity index (χ0n) is 6.95. The van der Waals surface area contributed by atoms with Crippen molar-refractivity contribution < 1.29 is 19.4 Å². The summed E-state index contributed by atoms with van der Waals surface area (Å²) in [6, 6.07) is 0. The third kappa shape index (κ3) is 3.18. The van der Waals surface area contributed by atoms with Crippen molar-refractivity contribution in [3.8, 4) is 0 Å². The zero-order chi connectivity index (χ0) is 9.56. The van der Waals surface area contributed by atoms with Crippen molar-refractivity contribution in [2.24, 2.45) is 5.92 Å². The van der Waals surface area contributed by atoms with E-state index in [9.17, 15) is 9.59 Å². The Labute approximate surface area is 70.8 Å². The van der Waals surface area contributed by atoms with E-state index < -0.39 is 17.9 Å². The Bertz CT molecular complexity index is 185. The molecule has 4 heteroatoms. The van der Waals surface area contributed by atoms with Crippen LogP contribution in [0.1, 0.15) is 13.3 Å². The molecule has 0 aliphatic heterocycles. The Balaban J connectivity index is 4.18. The molecule has 1 N–H and O–H groups in total. The quantitative estimate of drug-likeness (QED) is 0.379. The summed E-state index contributed by atoms with van der Waals surface area (Å²) in [6.07, 6.45) is 1.49. The highest BCUT2D eigenvalue weighted by Crippen LogP contribution is 2.06. The van der Waals surface area contributed by atoms with Gasteiger partial charge in [-0.2, -0.15) is 0 Å². The smallest absolute Gasteiger partial charge is 0.320 e. The summed E-state index contributed by atoms with van der Waals surface area (Å²) in [5, 5.41) is 8.55. The highest BCUT2D eigenvalue weighted by Gasteiger charge is 2.25. The predicted octanol–water partition coefficient (Wildman–Crippen LogP) is 0.826. The summed E-state index contributed by atoms with van der Waals surface area (Å²) in [5.74, 6) is -2.99. The molecule has 0 unspecified atom stereocenters. The maximum absolute atomic E-state index is 10.9. The lowest BCUT2D eigenvalue weighted by Gasteiger charge is -2.07. The van der Waals surface area contributed by atoms with E-state index in [1.54, 1.807) is 6.92 Å². The lowest BCUT2D eigenvalue weighted by molar-refractivity contribution is -0.158. The second kappa shape index (κ2) is 5.35. The molecular weight excluding hydrogens is 160 g/mol. The van der Waals surface area contributed by atoms with Gasteiger partial charge in [0, 0.05) is 0 Å². The summed E-state index contributed by atoms with van der Waals surface area (Å²) >= 11 is 0. The first-order valence-corrected chi connectivity index (χ1v) is 3.63. The van der Waals surface area contributed by atoms with E-state index in [0.717, 1.165) is 0 Å². The maximum Gasteiger partial charge on any atom is 0.320 e. The Morgan fingerprint density at radius 3 is 2.58 bits per heavy atom. The van der Waals surface area contributed by atoms with Crippen molar-refractivity contribution in [3.63, 3.8) is 0 Å². The number of carbonyl (C=O) groups excluding carboxylic acids is 1. The highest BCUT2D eigenvalue weighted by molar-refractivity contribution is 5.94. The molecule has 0 aromatic heterocycles. The lowest BCUT2D eigenvalue weighted by atomic mass is 10.1. The van der Waals surface area contributed by atoms with Crippen LogP contribution >= 0.6 is 0 Å². The molecule has 0 rings (SSSR count). The average molecular weight is 172 g/mol. The molecule has 1 atom stereocenters. The minimum atomic E-state index is -1.17. The predicted molar refractivity (Wildman–Crippen MR) is 42.6 cm³/mol. The van der Waals surface area contributed by atoms with Crippen LogP contribution in [0.4, 0.5) is 0 Å². The SMILES string of the molecule is C=CC[C@H](C(=O)O)C(=O)OCC. The van der Waals surface area contributed by atoms with E-state index in [-0.39, 0.29) is 13.0 Å². The number of rotatable bonds is 5. The number of carboxylic acid groups (broad SMARTS) is 1. The monoisotopic (exact) mass is 172 g/mol. The highest BCUT2D eigenvalue weighted by atomic mass is 16.5. The van der Waals surface area contributed by atoms with Gasteiger partial charge in [-0.25, -0.2) is 0 Å². The molecule has 0 spiro atoms. The minimum Gasteiger partial charge on any atom is -0.481 e. The molecule has 0 saturated heterocycles. The summed E-state index contributed by atoms with van der Waals surface area (Å²) < 4.78 is 4.55. The first kappa shape index (κ1) is 10.7. The maximum atomic E-state index is 10.9. The van der Waals surface area contributed by atoms with E-state index >= 15 is 0 Å². The van der Waals surface area contributed by atoms with Gasteiger partial charge in [0.2, 0.25) is 0 Å². The summed E-state index contributed by atoms with van der Waals surface area (Å²) in [7, 11) is 0. The fourth-order valence-electron chi connectivity index (χ4n) is 0.707. The van der Waals surface area contributed by atoms with Gasteiger partial charge in [0.15, 0.2) is 5.92 Å². The van der Waals surface area contributed by atoms with Gasteiger partial charge >= 0.3 is 11.9 Å². The minimum absolute atomic E-state index is 0.105. The number of carboxylic acids is 1. The Kier molecular flexibility index (Phi) is 4.76. The molecule has 0 radical (unpaired) electrons. The Morgan fingerprint density at radius 2 is 2.25 bits per heavy atom. The fraction of sp³-hybridized carbons (Fsp3) is 0.500. The molecule has 0 aromatic rings. The number of esters is 1. The molecule has 0 aliphatic rings. The molecular formula is C8H12O4. The normalized spacial score (nSPS) is 11.8. The van der Waals surface area contributed by atoms with E-state index in [0.29, 0.717) is 0 Å². The van der Waals surface area contributed by atoms with E-state index in [1.165, 1.54) is 6.08 Å². The van der Waals surface area contributed by atoms with Crippen molar-refractivity contribution in [3.05, 3.63) is 12.7 Å². The van der Waals surface area contributed by atoms with Gasteiger partial charge in [-0.15, -0.1) is 6.58 Å². The number of aliphatic carboxylic acids is 1. The first-order chi connectivity index (χ1) is 5.63. The van der Waals surface area contributed by atoms with E-state index in [2.05, 4.69) is 11.3 Å². The van der Waals surface area contributed by atoms with Crippen molar-refractivity contribution in [1.82, 2.24) is 0 Å². The van der Waals surface area contributed by atoms with Gasteiger partial charge in [0.05, 0.1) is 6.61 Å². The van der Waals surface area contributed by atoms with E-state index in [1.807, 2.05) is 0 Å². The molecule has 0 saturated carbocycles. The second-order valence-corrected chi connectivity index (χ2v) is 2.17. The van der Waals surface area contributed by atoms with Crippen LogP contribution in [0.3, 0.4) is 0 Å². The number of hydrogen-bond donors (Lipinski definition) is 1. The molecule has 4 nitrogen and oxygen atoms in total. The van der Waals surface area contributed by atoms with Gasteiger partial charge in [0.25, 0.3) is 0 Å². The third-order valence-electron chi connectivity index (χ3n) is 1.27. The van der Waals surface area contributed by atoms with Gasteiger partial charge in [-0.1, -0.05) is 6.08 Å². The van der Waals surface area contributed by atoms with Crippen molar-refractivity contribution in [1.29, 1.82) is 0 Å². The summed E-state index contributed by atoms with van der Waals surface area (Å²) in [6.45, 7) is 5.18. The van der Waals surface area contributed by atoms with Crippen molar-refractivity contribution >= 4 is 11.9 Å². The molecule has 68 valence electrons. The molecule has 0 fully saturated rings. The van der Waals surface area contributed by atoms with Crippen molar-refractivity contribution in [2.45, 2.75) is 13.3 Å². The van der Waals surface area contributed by atoms with Crippen LogP contribution in [-0.2, 0) is 14.3 Å². The fourth-order valence-corrected chi connectivity index (χ4v) is 0.707. The van der Waals surface area contributed by atoms with Crippen LogP contribution < -0.4 is 0 Å². The van der Waals surface area contributed by atoms with Crippen LogP contribution in [0.2, 0.25) is 0 Å². The Morgan fingerprint density at radius 1 is 1.67 bits per heavy atom. The summed E-state index contributed by atoms with van der Waals surface area (Å²) in [4.78, 5) is 21.4. The Hall–Kier alpha value is -1.32. The van der Waals surface area contributed by atoms with Crippen LogP contribution in [0.25, 0.3) is 0 Å². The van der Waals surface area contributed by atoms with Crippen molar-refractivity contribution in [2.75, 3.05) is 6.61 Å². The topological polar surface area (TPSA) is 63.6 Å². The van der Waals surface area contributed by atoms with Gasteiger partial charge < -0.3 is 9.84 Å². The molecule has 0 amide bonds. The van der Waals surface area contributed by atoms with Gasteiger partial charge in [-0.3, -0.25) is 9.59 Å². The molecule has 0 aliphatic carbocycles. The van der Waals surface area contributed by atoms with Crippen LogP contribution in [0.5, 0.6) is 0 Å². The summed E-state index contributed by atoms with van der Waals surface area (Å²) in [5.41, 5.74) is 0. The average Bonchev–Trinajstić information content (AvgIpc) is 1.99. The molecule has 0 bridgehead atoms. The number of allylic oxidation sites excluding steroid dienone is 1. The molecule has 12 heavy (non-hydrogen) atoms. The standard InChI is InChI=1S/C8H12O4/c1-3-5-6(7(9)10)8(11)12-4-2/h3,6H,1,4-5H2,2H3,(H,9,10)/t6-/m1/s1. The largest absolute Gasteiger partial charge is 0.481 e. The number of ether oxygens (including phenoxy) is 1. The van der Waals surface area contributed by atoms with Crippen LogP contribution in [0.15, 0.2) is 12.7 Å². The zero-order valence-corrected chi connectivity index (χ0v) is 6.95. The van der Waals surface area contributed by atoms with Gasteiger partial charge in [-0.05, 0) is 13.3 Å². The lowest BCUT2D eigenvalue weighted by Crippen LogP contribution is -2.25. The third-order valence-corrected chi connectivity index (χ3v) is 1.27. The van der Waals surface area contributed by atoms with Crippen LogP contribution in [-0.4, -0.2) is 23.7 Å².